The molecule has 0 amide bonds. The minimum atomic E-state index is 0.126. The van der Waals surface area contributed by atoms with E-state index in [1.807, 2.05) is 18.7 Å². The van der Waals surface area contributed by atoms with Gasteiger partial charge in [0.25, 0.3) is 0 Å². The van der Waals surface area contributed by atoms with Crippen LogP contribution in [0.2, 0.25) is 0 Å². The monoisotopic (exact) mass is 251 g/mol. The molecule has 3 heteroatoms. The summed E-state index contributed by atoms with van der Waals surface area (Å²) < 4.78 is 5.61. The van der Waals surface area contributed by atoms with Crippen LogP contribution in [-0.4, -0.2) is 18.5 Å². The second kappa shape index (κ2) is 6.43. The molecule has 2 atom stereocenters. The van der Waals surface area contributed by atoms with Crippen LogP contribution >= 0.6 is 11.8 Å². The summed E-state index contributed by atoms with van der Waals surface area (Å²) in [5, 5.41) is 0. The zero-order valence-corrected chi connectivity index (χ0v) is 11.2. The van der Waals surface area contributed by atoms with Gasteiger partial charge in [-0.2, -0.15) is 0 Å². The van der Waals surface area contributed by atoms with Crippen LogP contribution in [0.3, 0.4) is 0 Å². The van der Waals surface area contributed by atoms with Gasteiger partial charge in [-0.3, -0.25) is 0 Å². The van der Waals surface area contributed by atoms with Crippen molar-refractivity contribution >= 4 is 11.8 Å². The number of hydrogen-bond donors (Lipinski definition) is 1. The van der Waals surface area contributed by atoms with E-state index in [0.717, 1.165) is 12.4 Å². The summed E-state index contributed by atoms with van der Waals surface area (Å²) in [4.78, 5) is 1.33. The molecule has 0 radical (unpaired) electrons. The first kappa shape index (κ1) is 12.9. The van der Waals surface area contributed by atoms with Gasteiger partial charge in [0, 0.05) is 23.3 Å². The zero-order chi connectivity index (χ0) is 12.1. The highest BCUT2D eigenvalue weighted by atomic mass is 32.2. The molecule has 0 saturated carbocycles. The van der Waals surface area contributed by atoms with E-state index in [4.69, 9.17) is 10.5 Å². The third kappa shape index (κ3) is 4.02. The number of thioether (sulfide) groups is 1. The van der Waals surface area contributed by atoms with Crippen LogP contribution in [0.1, 0.15) is 37.8 Å². The summed E-state index contributed by atoms with van der Waals surface area (Å²) in [5.74, 6) is 1.14. The van der Waals surface area contributed by atoms with Gasteiger partial charge in [0.2, 0.25) is 0 Å². The van der Waals surface area contributed by atoms with Crippen molar-refractivity contribution in [2.75, 3.05) is 12.4 Å². The molecule has 2 nitrogen and oxygen atoms in total. The Bertz CT molecular complexity index is 331. The van der Waals surface area contributed by atoms with Gasteiger partial charge in [0.05, 0.1) is 6.10 Å². The highest BCUT2D eigenvalue weighted by Crippen LogP contribution is 2.24. The number of hydrogen-bond acceptors (Lipinski definition) is 3. The second-order valence-corrected chi connectivity index (χ2v) is 5.80. The van der Waals surface area contributed by atoms with E-state index in [9.17, 15) is 0 Å². The first-order valence-electron chi connectivity index (χ1n) is 6.35. The largest absolute Gasteiger partial charge is 0.378 e. The summed E-state index contributed by atoms with van der Waals surface area (Å²) >= 11 is 1.91. The van der Waals surface area contributed by atoms with Gasteiger partial charge in [-0.15, -0.1) is 11.8 Å². The standard InChI is InChI=1S/C14H21NOS/c1-11(15)12-4-6-14(7-5-12)17-10-8-13-3-2-9-16-13/h4-7,11,13H,2-3,8-10,15H2,1H3. The Kier molecular flexibility index (Phi) is 4.89. The predicted molar refractivity (Wildman–Crippen MR) is 73.4 cm³/mol. The van der Waals surface area contributed by atoms with E-state index < -0.39 is 0 Å². The molecule has 0 aliphatic carbocycles. The summed E-state index contributed by atoms with van der Waals surface area (Å²) in [6, 6.07) is 8.71. The van der Waals surface area contributed by atoms with E-state index in [2.05, 4.69) is 24.3 Å². The number of ether oxygens (including phenoxy) is 1. The average molecular weight is 251 g/mol. The normalized spacial score (nSPS) is 21.6. The minimum Gasteiger partial charge on any atom is -0.378 e. The van der Waals surface area contributed by atoms with Crippen LogP contribution in [0, 0.1) is 0 Å². The highest BCUT2D eigenvalue weighted by Gasteiger charge is 2.14. The molecule has 2 unspecified atom stereocenters. The van der Waals surface area contributed by atoms with E-state index in [1.54, 1.807) is 0 Å². The van der Waals surface area contributed by atoms with Crippen molar-refractivity contribution in [2.24, 2.45) is 5.73 Å². The fourth-order valence-corrected chi connectivity index (χ4v) is 2.99. The Hall–Kier alpha value is -0.510. The summed E-state index contributed by atoms with van der Waals surface area (Å²) in [6.45, 7) is 2.97. The topological polar surface area (TPSA) is 35.2 Å². The fourth-order valence-electron chi connectivity index (χ4n) is 2.05. The molecule has 0 bridgehead atoms. The van der Waals surface area contributed by atoms with Crippen LogP contribution in [0.4, 0.5) is 0 Å². The number of rotatable bonds is 5. The maximum Gasteiger partial charge on any atom is 0.0584 e. The SMILES string of the molecule is CC(N)c1ccc(SCCC2CCCO2)cc1. The van der Waals surface area contributed by atoms with Crippen LogP contribution < -0.4 is 5.73 Å². The molecule has 0 aromatic heterocycles. The predicted octanol–water partition coefficient (Wildman–Crippen LogP) is 3.37. The van der Waals surface area contributed by atoms with E-state index in [0.29, 0.717) is 6.10 Å². The smallest absolute Gasteiger partial charge is 0.0584 e. The maximum absolute atomic E-state index is 5.82. The van der Waals surface area contributed by atoms with Gasteiger partial charge in [-0.25, -0.2) is 0 Å². The summed E-state index contributed by atoms with van der Waals surface area (Å²) in [6.07, 6.45) is 4.15. The van der Waals surface area contributed by atoms with E-state index >= 15 is 0 Å². The van der Waals surface area contributed by atoms with Gasteiger partial charge >= 0.3 is 0 Å². The molecule has 17 heavy (non-hydrogen) atoms. The Labute approximate surface area is 108 Å². The maximum atomic E-state index is 5.82. The van der Waals surface area contributed by atoms with Crippen molar-refractivity contribution in [3.05, 3.63) is 29.8 Å². The molecule has 1 aromatic carbocycles. The lowest BCUT2D eigenvalue weighted by Gasteiger charge is -2.09. The summed E-state index contributed by atoms with van der Waals surface area (Å²) in [5.41, 5.74) is 7.03. The highest BCUT2D eigenvalue weighted by molar-refractivity contribution is 7.99. The molecule has 2 rings (SSSR count). The van der Waals surface area contributed by atoms with Gasteiger partial charge in [-0.05, 0) is 43.9 Å². The Morgan fingerprint density at radius 1 is 1.41 bits per heavy atom. The molecule has 1 aliphatic heterocycles. The third-order valence-electron chi connectivity index (χ3n) is 3.14. The molecule has 0 spiro atoms. The van der Waals surface area contributed by atoms with Crippen LogP contribution in [0.25, 0.3) is 0 Å². The van der Waals surface area contributed by atoms with Crippen LogP contribution in [0.5, 0.6) is 0 Å². The van der Waals surface area contributed by atoms with Gasteiger partial charge in [0.15, 0.2) is 0 Å². The van der Waals surface area contributed by atoms with E-state index in [-0.39, 0.29) is 6.04 Å². The Morgan fingerprint density at radius 3 is 2.76 bits per heavy atom. The first-order chi connectivity index (χ1) is 8.25. The number of benzene rings is 1. The molecule has 1 heterocycles. The molecule has 2 N–H and O–H groups in total. The molecule has 1 aliphatic rings. The zero-order valence-electron chi connectivity index (χ0n) is 10.4. The molecule has 1 fully saturated rings. The van der Waals surface area contributed by atoms with Gasteiger partial charge < -0.3 is 10.5 Å². The lowest BCUT2D eigenvalue weighted by atomic mass is 10.1. The van der Waals surface area contributed by atoms with Gasteiger partial charge in [0.1, 0.15) is 0 Å². The summed E-state index contributed by atoms with van der Waals surface area (Å²) in [7, 11) is 0. The Balaban J connectivity index is 1.74. The molecule has 1 saturated heterocycles. The van der Waals surface area contributed by atoms with Crippen molar-refractivity contribution in [2.45, 2.75) is 43.2 Å². The van der Waals surface area contributed by atoms with E-state index in [1.165, 1.54) is 29.7 Å². The fraction of sp³-hybridized carbons (Fsp3) is 0.571. The molecule has 94 valence electrons. The minimum absolute atomic E-state index is 0.126. The molecular weight excluding hydrogens is 230 g/mol. The third-order valence-corrected chi connectivity index (χ3v) is 4.18. The quantitative estimate of drug-likeness (QED) is 0.815. The Morgan fingerprint density at radius 2 is 2.18 bits per heavy atom. The van der Waals surface area contributed by atoms with Crippen LogP contribution in [-0.2, 0) is 4.74 Å². The second-order valence-electron chi connectivity index (χ2n) is 4.63. The first-order valence-corrected chi connectivity index (χ1v) is 7.34. The van der Waals surface area contributed by atoms with Gasteiger partial charge in [-0.1, -0.05) is 12.1 Å². The molecule has 1 aromatic rings. The van der Waals surface area contributed by atoms with Crippen molar-refractivity contribution in [1.29, 1.82) is 0 Å². The number of nitrogens with two attached hydrogens (primary N) is 1. The van der Waals surface area contributed by atoms with Crippen molar-refractivity contribution in [1.82, 2.24) is 0 Å². The van der Waals surface area contributed by atoms with Crippen LogP contribution in [0.15, 0.2) is 29.2 Å². The van der Waals surface area contributed by atoms with Crippen molar-refractivity contribution in [3.63, 3.8) is 0 Å². The lowest BCUT2D eigenvalue weighted by molar-refractivity contribution is 0.109. The average Bonchev–Trinajstić information content (AvgIpc) is 2.83. The molecular formula is C14H21NOS. The lowest BCUT2D eigenvalue weighted by Crippen LogP contribution is -2.05. The van der Waals surface area contributed by atoms with Crippen molar-refractivity contribution in [3.8, 4) is 0 Å². The van der Waals surface area contributed by atoms with Crippen molar-refractivity contribution < 1.29 is 4.74 Å².